The van der Waals surface area contributed by atoms with Gasteiger partial charge in [-0.05, 0) is 31.0 Å². The molecule has 0 radical (unpaired) electrons. The van der Waals surface area contributed by atoms with Gasteiger partial charge in [-0.1, -0.05) is 13.0 Å². The summed E-state index contributed by atoms with van der Waals surface area (Å²) in [6, 6.07) is 4.63. The maximum atomic E-state index is 13.1. The van der Waals surface area contributed by atoms with Gasteiger partial charge in [0.2, 0.25) is 0 Å². The SMILES string of the molecule is CC1CC(NC(C)c2ccc(F)c(F)c2)CS1. The molecule has 1 heterocycles. The zero-order valence-corrected chi connectivity index (χ0v) is 10.9. The Kier molecular flexibility index (Phi) is 4.05. The molecule has 3 atom stereocenters. The first-order chi connectivity index (χ1) is 8.06. The monoisotopic (exact) mass is 257 g/mol. The van der Waals surface area contributed by atoms with Crippen LogP contribution < -0.4 is 5.32 Å². The lowest BCUT2D eigenvalue weighted by Crippen LogP contribution is -2.31. The summed E-state index contributed by atoms with van der Waals surface area (Å²) >= 11 is 1.95. The van der Waals surface area contributed by atoms with E-state index in [1.54, 1.807) is 6.07 Å². The highest BCUT2D eigenvalue weighted by Crippen LogP contribution is 2.28. The lowest BCUT2D eigenvalue weighted by atomic mass is 10.1. The standard InChI is InChI=1S/C13H17F2NS/c1-8-5-11(7-17-8)16-9(2)10-3-4-12(14)13(15)6-10/h3-4,6,8-9,11,16H,5,7H2,1-2H3. The van der Waals surface area contributed by atoms with Gasteiger partial charge >= 0.3 is 0 Å². The van der Waals surface area contributed by atoms with E-state index in [4.69, 9.17) is 0 Å². The van der Waals surface area contributed by atoms with E-state index in [1.807, 2.05) is 18.7 Å². The Morgan fingerprint density at radius 2 is 2.12 bits per heavy atom. The van der Waals surface area contributed by atoms with E-state index in [1.165, 1.54) is 12.1 Å². The number of hydrogen-bond acceptors (Lipinski definition) is 2. The number of halogens is 2. The molecule has 0 spiro atoms. The van der Waals surface area contributed by atoms with Crippen LogP contribution in [0.15, 0.2) is 18.2 Å². The molecule has 0 aliphatic carbocycles. The van der Waals surface area contributed by atoms with Gasteiger partial charge < -0.3 is 5.32 Å². The third kappa shape index (κ3) is 3.19. The molecule has 1 fully saturated rings. The fourth-order valence-corrected chi connectivity index (χ4v) is 3.33. The lowest BCUT2D eigenvalue weighted by Gasteiger charge is -2.19. The van der Waals surface area contributed by atoms with Crippen molar-refractivity contribution in [3.8, 4) is 0 Å². The molecule has 1 aliphatic heterocycles. The van der Waals surface area contributed by atoms with Crippen LogP contribution in [0.4, 0.5) is 8.78 Å². The van der Waals surface area contributed by atoms with Crippen molar-refractivity contribution in [2.75, 3.05) is 5.75 Å². The number of thioether (sulfide) groups is 1. The maximum absolute atomic E-state index is 13.1. The van der Waals surface area contributed by atoms with E-state index in [2.05, 4.69) is 12.2 Å². The predicted molar refractivity (Wildman–Crippen MR) is 68.2 cm³/mol. The zero-order chi connectivity index (χ0) is 12.4. The summed E-state index contributed by atoms with van der Waals surface area (Å²) in [5.74, 6) is -0.467. The van der Waals surface area contributed by atoms with Crippen LogP contribution in [0, 0.1) is 11.6 Å². The number of rotatable bonds is 3. The van der Waals surface area contributed by atoms with Crippen molar-refractivity contribution < 1.29 is 8.78 Å². The lowest BCUT2D eigenvalue weighted by molar-refractivity contribution is 0.466. The summed E-state index contributed by atoms with van der Waals surface area (Å²) in [7, 11) is 0. The Balaban J connectivity index is 1.99. The number of benzene rings is 1. The molecular formula is C13H17F2NS. The van der Waals surface area contributed by atoms with Crippen LogP contribution in [-0.4, -0.2) is 17.0 Å². The molecule has 0 bridgehead atoms. The zero-order valence-electron chi connectivity index (χ0n) is 10.0. The highest BCUT2D eigenvalue weighted by Gasteiger charge is 2.23. The average molecular weight is 257 g/mol. The van der Waals surface area contributed by atoms with E-state index >= 15 is 0 Å². The van der Waals surface area contributed by atoms with E-state index in [-0.39, 0.29) is 6.04 Å². The van der Waals surface area contributed by atoms with Gasteiger partial charge in [0.15, 0.2) is 11.6 Å². The van der Waals surface area contributed by atoms with Gasteiger partial charge in [0.25, 0.3) is 0 Å². The quantitative estimate of drug-likeness (QED) is 0.889. The Morgan fingerprint density at radius 3 is 2.71 bits per heavy atom. The van der Waals surface area contributed by atoms with Crippen LogP contribution in [0.3, 0.4) is 0 Å². The number of nitrogens with one attached hydrogen (secondary N) is 1. The smallest absolute Gasteiger partial charge is 0.159 e. The minimum absolute atomic E-state index is 0.0565. The third-order valence-corrected chi connectivity index (χ3v) is 4.48. The van der Waals surface area contributed by atoms with Gasteiger partial charge in [0.05, 0.1) is 0 Å². The highest BCUT2D eigenvalue weighted by atomic mass is 32.2. The maximum Gasteiger partial charge on any atom is 0.159 e. The topological polar surface area (TPSA) is 12.0 Å². The molecule has 17 heavy (non-hydrogen) atoms. The van der Waals surface area contributed by atoms with Gasteiger partial charge in [-0.3, -0.25) is 0 Å². The Bertz CT molecular complexity index is 397. The molecule has 1 N–H and O–H groups in total. The fraction of sp³-hybridized carbons (Fsp3) is 0.538. The second-order valence-electron chi connectivity index (χ2n) is 4.64. The molecule has 1 aliphatic rings. The van der Waals surface area contributed by atoms with Crippen LogP contribution in [0.1, 0.15) is 31.9 Å². The van der Waals surface area contributed by atoms with Gasteiger partial charge in [-0.25, -0.2) is 8.78 Å². The van der Waals surface area contributed by atoms with E-state index in [0.717, 1.165) is 17.7 Å². The summed E-state index contributed by atoms with van der Waals surface area (Å²) in [5, 5.41) is 4.15. The fourth-order valence-electron chi connectivity index (χ4n) is 2.16. The molecule has 3 unspecified atom stereocenters. The van der Waals surface area contributed by atoms with Crippen molar-refractivity contribution >= 4 is 11.8 Å². The van der Waals surface area contributed by atoms with Gasteiger partial charge in [0.1, 0.15) is 0 Å². The average Bonchev–Trinajstić information content (AvgIpc) is 2.68. The van der Waals surface area contributed by atoms with Crippen LogP contribution in [-0.2, 0) is 0 Å². The van der Waals surface area contributed by atoms with E-state index < -0.39 is 11.6 Å². The summed E-state index contributed by atoms with van der Waals surface area (Å²) in [4.78, 5) is 0. The van der Waals surface area contributed by atoms with Gasteiger partial charge in [-0.15, -0.1) is 0 Å². The molecule has 1 aromatic rings. The first-order valence-corrected chi connectivity index (χ1v) is 6.93. The normalized spacial score (nSPS) is 26.1. The minimum atomic E-state index is -0.786. The van der Waals surface area contributed by atoms with Crippen molar-refractivity contribution in [2.24, 2.45) is 0 Å². The van der Waals surface area contributed by atoms with Crippen LogP contribution in [0.2, 0.25) is 0 Å². The van der Waals surface area contributed by atoms with E-state index in [0.29, 0.717) is 11.3 Å². The second kappa shape index (κ2) is 5.36. The van der Waals surface area contributed by atoms with Gasteiger partial charge in [0, 0.05) is 23.1 Å². The Labute approximate surface area is 105 Å². The minimum Gasteiger partial charge on any atom is -0.307 e. The number of hydrogen-bond donors (Lipinski definition) is 1. The molecule has 2 rings (SSSR count). The molecule has 1 aromatic carbocycles. The molecule has 1 nitrogen and oxygen atoms in total. The van der Waals surface area contributed by atoms with Crippen molar-refractivity contribution in [2.45, 2.75) is 37.6 Å². The van der Waals surface area contributed by atoms with Gasteiger partial charge in [-0.2, -0.15) is 11.8 Å². The molecule has 0 amide bonds. The van der Waals surface area contributed by atoms with Crippen LogP contribution >= 0.6 is 11.8 Å². The molecule has 4 heteroatoms. The molecule has 1 saturated heterocycles. The summed E-state index contributed by atoms with van der Waals surface area (Å²) in [6.45, 7) is 4.20. The summed E-state index contributed by atoms with van der Waals surface area (Å²) in [6.07, 6.45) is 1.14. The van der Waals surface area contributed by atoms with Crippen LogP contribution in [0.25, 0.3) is 0 Å². The highest BCUT2D eigenvalue weighted by molar-refractivity contribution is 8.00. The first kappa shape index (κ1) is 12.8. The molecule has 0 saturated carbocycles. The molecule has 0 aromatic heterocycles. The Morgan fingerprint density at radius 1 is 1.35 bits per heavy atom. The van der Waals surface area contributed by atoms with Crippen molar-refractivity contribution in [1.82, 2.24) is 5.32 Å². The summed E-state index contributed by atoms with van der Waals surface area (Å²) < 4.78 is 25.9. The summed E-state index contributed by atoms with van der Waals surface area (Å²) in [5.41, 5.74) is 0.799. The van der Waals surface area contributed by atoms with Crippen LogP contribution in [0.5, 0.6) is 0 Å². The Hall–Kier alpha value is -0.610. The molecular weight excluding hydrogens is 240 g/mol. The second-order valence-corrected chi connectivity index (χ2v) is 6.11. The van der Waals surface area contributed by atoms with Crippen molar-refractivity contribution in [3.05, 3.63) is 35.4 Å². The third-order valence-electron chi connectivity index (χ3n) is 3.13. The largest absolute Gasteiger partial charge is 0.307 e. The van der Waals surface area contributed by atoms with Crippen molar-refractivity contribution in [3.63, 3.8) is 0 Å². The molecule has 94 valence electrons. The van der Waals surface area contributed by atoms with E-state index in [9.17, 15) is 8.78 Å². The predicted octanol–water partition coefficient (Wildman–Crippen LogP) is 3.51. The first-order valence-electron chi connectivity index (χ1n) is 5.89. The van der Waals surface area contributed by atoms with Crippen molar-refractivity contribution in [1.29, 1.82) is 0 Å².